The molecule has 1 aliphatic rings. The van der Waals surface area contributed by atoms with E-state index >= 15 is 0 Å². The van der Waals surface area contributed by atoms with E-state index in [0.717, 1.165) is 48.6 Å². The Balaban J connectivity index is 1.47. The number of nitrogens with zero attached hydrogens (tertiary/aromatic N) is 5. The van der Waals surface area contributed by atoms with Crippen molar-refractivity contribution in [3.05, 3.63) is 48.0 Å². The number of fused-ring (bicyclic) bond motifs is 1. The van der Waals surface area contributed by atoms with Gasteiger partial charge in [0.2, 0.25) is 0 Å². The number of rotatable bonds is 4. The third-order valence-electron chi connectivity index (χ3n) is 3.94. The molecular weight excluding hydrogens is 290 g/mol. The Kier molecular flexibility index (Phi) is 3.81. The van der Waals surface area contributed by atoms with Gasteiger partial charge in [0.15, 0.2) is 5.65 Å². The first-order chi connectivity index (χ1) is 11.4. The van der Waals surface area contributed by atoms with Crippen molar-refractivity contribution in [1.29, 1.82) is 0 Å². The lowest BCUT2D eigenvalue weighted by Crippen LogP contribution is -2.10. The van der Waals surface area contributed by atoms with Crippen molar-refractivity contribution in [2.45, 2.75) is 13.0 Å². The van der Waals surface area contributed by atoms with Gasteiger partial charge in [0.25, 0.3) is 0 Å². The van der Waals surface area contributed by atoms with Gasteiger partial charge in [0.05, 0.1) is 18.5 Å². The summed E-state index contributed by atoms with van der Waals surface area (Å²) in [5.74, 6) is 0.543. The van der Waals surface area contributed by atoms with E-state index in [4.69, 9.17) is 4.74 Å². The van der Waals surface area contributed by atoms with Crippen LogP contribution in [0, 0.1) is 5.92 Å². The monoisotopic (exact) mass is 307 g/mol. The molecule has 1 fully saturated rings. The van der Waals surface area contributed by atoms with Crippen LogP contribution in [0.15, 0.2) is 36.7 Å². The minimum absolute atomic E-state index is 0.543. The first-order valence-electron chi connectivity index (χ1n) is 7.74. The minimum Gasteiger partial charge on any atom is -0.381 e. The predicted octanol–water partition coefficient (Wildman–Crippen LogP) is 2.43. The fraction of sp³-hybridized carbons (Fsp3) is 0.294. The van der Waals surface area contributed by atoms with E-state index in [1.165, 1.54) is 0 Å². The summed E-state index contributed by atoms with van der Waals surface area (Å²) in [4.78, 5) is 8.78. The van der Waals surface area contributed by atoms with E-state index in [1.54, 1.807) is 6.20 Å². The molecule has 3 aromatic rings. The lowest BCUT2D eigenvalue weighted by Gasteiger charge is -2.05. The topological polar surface area (TPSA) is 65.7 Å². The molecule has 0 bridgehead atoms. The SMILES string of the molecule is C(=Cc1ccc2cccnc2n1)c1cn(CC2CCOC2)nn1. The van der Waals surface area contributed by atoms with E-state index in [9.17, 15) is 0 Å². The van der Waals surface area contributed by atoms with E-state index in [2.05, 4.69) is 20.3 Å². The van der Waals surface area contributed by atoms with Crippen LogP contribution in [0.4, 0.5) is 0 Å². The van der Waals surface area contributed by atoms with Crippen molar-refractivity contribution in [3.8, 4) is 0 Å². The standard InChI is InChI=1S/C17H17N5O/c1-2-14-3-4-15(19-17(14)18-8-1)5-6-16-11-22(21-20-16)10-13-7-9-23-12-13/h1-6,8,11,13H,7,9-10,12H2. The van der Waals surface area contributed by atoms with Crippen molar-refractivity contribution in [1.82, 2.24) is 25.0 Å². The van der Waals surface area contributed by atoms with Gasteiger partial charge in [-0.3, -0.25) is 4.68 Å². The molecule has 23 heavy (non-hydrogen) atoms. The van der Waals surface area contributed by atoms with Gasteiger partial charge in [-0.25, -0.2) is 9.97 Å². The zero-order valence-corrected chi connectivity index (χ0v) is 12.7. The summed E-state index contributed by atoms with van der Waals surface area (Å²) in [6.07, 6.45) is 8.65. The third kappa shape index (κ3) is 3.27. The van der Waals surface area contributed by atoms with Crippen LogP contribution < -0.4 is 0 Å². The zero-order chi connectivity index (χ0) is 15.5. The minimum atomic E-state index is 0.543. The quantitative estimate of drug-likeness (QED) is 0.740. The Morgan fingerprint density at radius 2 is 2.17 bits per heavy atom. The van der Waals surface area contributed by atoms with Crippen molar-refractivity contribution in [2.75, 3.05) is 13.2 Å². The van der Waals surface area contributed by atoms with Crippen molar-refractivity contribution in [2.24, 2.45) is 5.92 Å². The molecule has 0 aliphatic carbocycles. The molecular formula is C17H17N5O. The van der Waals surface area contributed by atoms with Gasteiger partial charge < -0.3 is 4.74 Å². The second-order valence-electron chi connectivity index (χ2n) is 5.71. The lowest BCUT2D eigenvalue weighted by molar-refractivity contribution is 0.181. The average Bonchev–Trinajstić information content (AvgIpc) is 3.25. The Hall–Kier alpha value is -2.60. The molecule has 0 N–H and O–H groups in total. The number of hydrogen-bond donors (Lipinski definition) is 0. The number of aromatic nitrogens is 5. The molecule has 6 nitrogen and oxygen atoms in total. The predicted molar refractivity (Wildman–Crippen MR) is 87.4 cm³/mol. The molecule has 1 unspecified atom stereocenters. The Labute approximate surface area is 133 Å². The summed E-state index contributed by atoms with van der Waals surface area (Å²) < 4.78 is 7.27. The molecule has 1 aliphatic heterocycles. The fourth-order valence-electron chi connectivity index (χ4n) is 2.70. The van der Waals surface area contributed by atoms with Crippen molar-refractivity contribution in [3.63, 3.8) is 0 Å². The second kappa shape index (κ2) is 6.26. The molecule has 1 atom stereocenters. The summed E-state index contributed by atoms with van der Waals surface area (Å²) >= 11 is 0. The molecule has 6 heteroatoms. The summed E-state index contributed by atoms with van der Waals surface area (Å²) in [5.41, 5.74) is 2.43. The highest BCUT2D eigenvalue weighted by atomic mass is 16.5. The Bertz CT molecular complexity index is 836. The van der Waals surface area contributed by atoms with Gasteiger partial charge in [-0.1, -0.05) is 5.21 Å². The molecule has 116 valence electrons. The van der Waals surface area contributed by atoms with Crippen LogP contribution in [-0.4, -0.2) is 38.2 Å². The van der Waals surface area contributed by atoms with Crippen LogP contribution in [0.2, 0.25) is 0 Å². The number of ether oxygens (including phenoxy) is 1. The van der Waals surface area contributed by atoms with Crippen LogP contribution >= 0.6 is 0 Å². The third-order valence-corrected chi connectivity index (χ3v) is 3.94. The molecule has 0 spiro atoms. The Morgan fingerprint density at radius 3 is 3.09 bits per heavy atom. The summed E-state index contributed by atoms with van der Waals surface area (Å²) in [5, 5.41) is 9.38. The maximum Gasteiger partial charge on any atom is 0.159 e. The van der Waals surface area contributed by atoms with Crippen LogP contribution in [0.25, 0.3) is 23.2 Å². The maximum absolute atomic E-state index is 5.39. The summed E-state index contributed by atoms with van der Waals surface area (Å²) in [7, 11) is 0. The average molecular weight is 307 g/mol. The summed E-state index contributed by atoms with van der Waals surface area (Å²) in [6.45, 7) is 2.53. The van der Waals surface area contributed by atoms with Crippen molar-refractivity contribution < 1.29 is 4.74 Å². The molecule has 4 heterocycles. The molecule has 0 saturated carbocycles. The zero-order valence-electron chi connectivity index (χ0n) is 12.7. The number of hydrogen-bond acceptors (Lipinski definition) is 5. The molecule has 4 rings (SSSR count). The van der Waals surface area contributed by atoms with E-state index in [1.807, 2.05) is 47.3 Å². The highest BCUT2D eigenvalue weighted by Crippen LogP contribution is 2.15. The smallest absolute Gasteiger partial charge is 0.159 e. The first kappa shape index (κ1) is 14.0. The molecule has 0 radical (unpaired) electrons. The second-order valence-corrected chi connectivity index (χ2v) is 5.71. The van der Waals surface area contributed by atoms with E-state index in [-0.39, 0.29) is 0 Å². The maximum atomic E-state index is 5.39. The van der Waals surface area contributed by atoms with Crippen LogP contribution in [0.1, 0.15) is 17.8 Å². The van der Waals surface area contributed by atoms with Gasteiger partial charge >= 0.3 is 0 Å². The lowest BCUT2D eigenvalue weighted by atomic mass is 10.1. The van der Waals surface area contributed by atoms with Gasteiger partial charge in [0.1, 0.15) is 5.69 Å². The van der Waals surface area contributed by atoms with Crippen LogP contribution in [-0.2, 0) is 11.3 Å². The molecule has 0 amide bonds. The normalized spacial score (nSPS) is 18.2. The number of pyridine rings is 2. The molecule has 3 aromatic heterocycles. The van der Waals surface area contributed by atoms with Gasteiger partial charge in [-0.15, -0.1) is 5.10 Å². The van der Waals surface area contributed by atoms with Gasteiger partial charge in [0, 0.05) is 30.7 Å². The largest absolute Gasteiger partial charge is 0.381 e. The highest BCUT2D eigenvalue weighted by molar-refractivity contribution is 5.77. The Morgan fingerprint density at radius 1 is 1.22 bits per heavy atom. The highest BCUT2D eigenvalue weighted by Gasteiger charge is 2.16. The van der Waals surface area contributed by atoms with E-state index < -0.39 is 0 Å². The summed E-state index contributed by atoms with van der Waals surface area (Å²) in [6, 6.07) is 7.90. The van der Waals surface area contributed by atoms with E-state index in [0.29, 0.717) is 5.92 Å². The molecule has 0 aromatic carbocycles. The fourth-order valence-corrected chi connectivity index (χ4v) is 2.70. The van der Waals surface area contributed by atoms with Crippen LogP contribution in [0.5, 0.6) is 0 Å². The van der Waals surface area contributed by atoms with Gasteiger partial charge in [-0.05, 0) is 42.8 Å². The van der Waals surface area contributed by atoms with Crippen molar-refractivity contribution >= 4 is 23.2 Å². The van der Waals surface area contributed by atoms with Gasteiger partial charge in [-0.2, -0.15) is 0 Å². The molecule has 1 saturated heterocycles. The van der Waals surface area contributed by atoms with Crippen LogP contribution in [0.3, 0.4) is 0 Å². The first-order valence-corrected chi connectivity index (χ1v) is 7.74.